The second-order valence-electron chi connectivity index (χ2n) is 5.21. The van der Waals surface area contributed by atoms with Gasteiger partial charge in [-0.1, -0.05) is 32.4 Å². The molecule has 0 radical (unpaired) electrons. The molecule has 0 fully saturated rings. The quantitative estimate of drug-likeness (QED) is 0.858. The van der Waals surface area contributed by atoms with Gasteiger partial charge >= 0.3 is 0 Å². The molecule has 1 atom stereocenters. The first-order valence-electron chi connectivity index (χ1n) is 7.28. The van der Waals surface area contributed by atoms with Crippen molar-refractivity contribution in [1.82, 2.24) is 9.78 Å². The fourth-order valence-corrected chi connectivity index (χ4v) is 2.19. The minimum Gasteiger partial charge on any atom is -0.364 e. The third-order valence-electron chi connectivity index (χ3n) is 3.42. The topological polar surface area (TPSA) is 90.0 Å². The number of nitrogens with one attached hydrogen (secondary N) is 1. The van der Waals surface area contributed by atoms with Crippen LogP contribution in [-0.2, 0) is 4.79 Å². The van der Waals surface area contributed by atoms with Gasteiger partial charge in [-0.15, -0.1) is 0 Å². The molecule has 3 N–H and O–H groups in total. The van der Waals surface area contributed by atoms with Crippen LogP contribution < -0.4 is 11.1 Å². The van der Waals surface area contributed by atoms with Crippen molar-refractivity contribution >= 4 is 17.5 Å². The molecular formula is C16H20N4O2. The first-order valence-corrected chi connectivity index (χ1v) is 7.28. The second-order valence-corrected chi connectivity index (χ2v) is 5.21. The molecule has 2 amide bonds. The van der Waals surface area contributed by atoms with Gasteiger partial charge in [-0.2, -0.15) is 5.10 Å². The monoisotopic (exact) mass is 300 g/mol. The highest BCUT2D eigenvalue weighted by Gasteiger charge is 2.15. The predicted octanol–water partition coefficient (Wildman–Crippen LogP) is 2.35. The van der Waals surface area contributed by atoms with Crippen LogP contribution in [0.3, 0.4) is 0 Å². The number of anilines is 1. The molecule has 6 nitrogen and oxygen atoms in total. The lowest BCUT2D eigenvalue weighted by Gasteiger charge is -2.14. The van der Waals surface area contributed by atoms with E-state index in [0.29, 0.717) is 11.4 Å². The molecule has 22 heavy (non-hydrogen) atoms. The van der Waals surface area contributed by atoms with E-state index in [4.69, 9.17) is 5.73 Å². The maximum atomic E-state index is 12.2. The van der Waals surface area contributed by atoms with E-state index in [-0.39, 0.29) is 17.5 Å². The van der Waals surface area contributed by atoms with Crippen molar-refractivity contribution in [2.75, 3.05) is 5.32 Å². The number of nitrogens with two attached hydrogens (primary N) is 1. The number of para-hydroxylation sites is 2. The molecule has 1 heterocycles. The van der Waals surface area contributed by atoms with E-state index in [0.717, 1.165) is 12.8 Å². The zero-order chi connectivity index (χ0) is 16.1. The Labute approximate surface area is 129 Å². The number of primary amides is 1. The van der Waals surface area contributed by atoms with Crippen LogP contribution >= 0.6 is 0 Å². The number of hydrogen-bond donors (Lipinski definition) is 2. The van der Waals surface area contributed by atoms with E-state index in [9.17, 15) is 9.59 Å². The third-order valence-corrected chi connectivity index (χ3v) is 3.42. The molecule has 0 aliphatic heterocycles. The highest BCUT2D eigenvalue weighted by molar-refractivity contribution is 5.94. The van der Waals surface area contributed by atoms with Crippen molar-refractivity contribution in [3.05, 3.63) is 42.2 Å². The highest BCUT2D eigenvalue weighted by Crippen LogP contribution is 2.21. The van der Waals surface area contributed by atoms with Gasteiger partial charge < -0.3 is 11.1 Å². The third kappa shape index (κ3) is 3.52. The molecule has 0 aliphatic carbocycles. The summed E-state index contributed by atoms with van der Waals surface area (Å²) in [5, 5.41) is 7.04. The van der Waals surface area contributed by atoms with Crippen LogP contribution in [0.15, 0.2) is 36.5 Å². The van der Waals surface area contributed by atoms with E-state index in [1.807, 2.05) is 32.0 Å². The van der Waals surface area contributed by atoms with Crippen LogP contribution in [0.5, 0.6) is 0 Å². The van der Waals surface area contributed by atoms with Gasteiger partial charge in [0, 0.05) is 12.1 Å². The van der Waals surface area contributed by atoms with Gasteiger partial charge in [-0.05, 0) is 24.6 Å². The Morgan fingerprint density at radius 2 is 2.05 bits per heavy atom. The molecule has 1 aromatic carbocycles. The average molecular weight is 300 g/mol. The van der Waals surface area contributed by atoms with Crippen molar-refractivity contribution in [3.8, 4) is 5.69 Å². The number of nitrogens with zero attached hydrogens (tertiary/aromatic N) is 2. The van der Waals surface area contributed by atoms with E-state index >= 15 is 0 Å². The Balaban J connectivity index is 2.26. The Kier molecular flexibility index (Phi) is 4.93. The lowest BCUT2D eigenvalue weighted by Crippen LogP contribution is -2.21. The first kappa shape index (κ1) is 15.8. The molecule has 116 valence electrons. The van der Waals surface area contributed by atoms with E-state index < -0.39 is 5.91 Å². The summed E-state index contributed by atoms with van der Waals surface area (Å²) in [5.41, 5.74) is 6.73. The summed E-state index contributed by atoms with van der Waals surface area (Å²) in [6, 6.07) is 8.84. The molecule has 0 saturated carbocycles. The van der Waals surface area contributed by atoms with Crippen molar-refractivity contribution in [2.24, 2.45) is 11.7 Å². The minimum absolute atomic E-state index is 0.0309. The van der Waals surface area contributed by atoms with Gasteiger partial charge in [0.2, 0.25) is 5.91 Å². The predicted molar refractivity (Wildman–Crippen MR) is 84.8 cm³/mol. The van der Waals surface area contributed by atoms with Gasteiger partial charge in [0.15, 0.2) is 0 Å². The maximum absolute atomic E-state index is 12.2. The molecule has 1 unspecified atom stereocenters. The minimum atomic E-state index is -0.586. The van der Waals surface area contributed by atoms with Crippen molar-refractivity contribution in [1.29, 1.82) is 0 Å². The second kappa shape index (κ2) is 6.89. The summed E-state index contributed by atoms with van der Waals surface area (Å²) in [5.74, 6) is -0.676. The number of carbonyl (C=O) groups is 2. The lowest BCUT2D eigenvalue weighted by atomic mass is 10.1. The Hall–Kier alpha value is -2.63. The number of benzene rings is 1. The fraction of sp³-hybridized carbons (Fsp3) is 0.312. The van der Waals surface area contributed by atoms with Crippen LogP contribution in [0.1, 0.15) is 37.2 Å². The highest BCUT2D eigenvalue weighted by atomic mass is 16.2. The van der Waals surface area contributed by atoms with Gasteiger partial charge in [-0.25, -0.2) is 4.68 Å². The summed E-state index contributed by atoms with van der Waals surface area (Å²) in [4.78, 5) is 23.3. The van der Waals surface area contributed by atoms with E-state index in [1.165, 1.54) is 4.68 Å². The first-order chi connectivity index (χ1) is 10.5. The van der Waals surface area contributed by atoms with Crippen LogP contribution in [0.25, 0.3) is 5.69 Å². The number of aromatic nitrogens is 2. The van der Waals surface area contributed by atoms with Gasteiger partial charge in [-0.3, -0.25) is 9.59 Å². The van der Waals surface area contributed by atoms with Crippen LogP contribution in [-0.4, -0.2) is 21.6 Å². The summed E-state index contributed by atoms with van der Waals surface area (Å²) in [7, 11) is 0. The molecule has 2 rings (SSSR count). The van der Waals surface area contributed by atoms with Crippen LogP contribution in [0, 0.1) is 5.92 Å². The lowest BCUT2D eigenvalue weighted by molar-refractivity contribution is -0.119. The molecule has 0 spiro atoms. The fourth-order valence-electron chi connectivity index (χ4n) is 2.19. The zero-order valence-corrected chi connectivity index (χ0v) is 12.7. The normalized spacial score (nSPS) is 11.9. The average Bonchev–Trinajstić information content (AvgIpc) is 2.98. The summed E-state index contributed by atoms with van der Waals surface area (Å²) < 4.78 is 1.53. The maximum Gasteiger partial charge on any atom is 0.269 e. The molecule has 0 aliphatic rings. The molecule has 2 aromatic rings. The van der Waals surface area contributed by atoms with Crippen molar-refractivity contribution in [3.63, 3.8) is 0 Å². The van der Waals surface area contributed by atoms with E-state index in [2.05, 4.69) is 10.4 Å². The van der Waals surface area contributed by atoms with Gasteiger partial charge in [0.1, 0.15) is 5.69 Å². The number of hydrogen-bond acceptors (Lipinski definition) is 3. The Morgan fingerprint density at radius 1 is 1.32 bits per heavy atom. The summed E-state index contributed by atoms with van der Waals surface area (Å²) in [6.07, 6.45) is 3.43. The SMILES string of the molecule is CCCC(C)C(=O)Nc1ccccc1-n1ccc(C(N)=O)n1. The number of rotatable bonds is 6. The summed E-state index contributed by atoms with van der Waals surface area (Å²) >= 11 is 0. The zero-order valence-electron chi connectivity index (χ0n) is 12.7. The molecule has 0 saturated heterocycles. The molecule has 6 heteroatoms. The van der Waals surface area contributed by atoms with Crippen molar-refractivity contribution < 1.29 is 9.59 Å². The van der Waals surface area contributed by atoms with Gasteiger partial charge in [0.25, 0.3) is 5.91 Å². The summed E-state index contributed by atoms with van der Waals surface area (Å²) in [6.45, 7) is 3.95. The molecule has 0 bridgehead atoms. The largest absolute Gasteiger partial charge is 0.364 e. The van der Waals surface area contributed by atoms with Crippen molar-refractivity contribution in [2.45, 2.75) is 26.7 Å². The smallest absolute Gasteiger partial charge is 0.269 e. The van der Waals surface area contributed by atoms with Crippen LogP contribution in [0.2, 0.25) is 0 Å². The molecular weight excluding hydrogens is 280 g/mol. The van der Waals surface area contributed by atoms with Gasteiger partial charge in [0.05, 0.1) is 11.4 Å². The van der Waals surface area contributed by atoms with Crippen LogP contribution in [0.4, 0.5) is 5.69 Å². The standard InChI is InChI=1S/C16H20N4O2/c1-3-6-11(2)16(22)18-12-7-4-5-8-14(12)20-10-9-13(19-20)15(17)21/h4-5,7-11H,3,6H2,1-2H3,(H2,17,21)(H,18,22). The molecule has 1 aromatic heterocycles. The Morgan fingerprint density at radius 3 is 2.68 bits per heavy atom. The number of amides is 2. The Bertz CT molecular complexity index is 678. The van der Waals surface area contributed by atoms with E-state index in [1.54, 1.807) is 18.3 Å². The number of carbonyl (C=O) groups excluding carboxylic acids is 2.